The molecule has 0 saturated heterocycles. The zero-order valence-corrected chi connectivity index (χ0v) is 20.1. The largest absolute Gasteiger partial charge is 0.394 e. The van der Waals surface area contributed by atoms with E-state index >= 15 is 0 Å². The fraction of sp³-hybridized carbons (Fsp3) is 0.231. The van der Waals surface area contributed by atoms with Crippen molar-refractivity contribution in [1.82, 2.24) is 10.0 Å². The van der Waals surface area contributed by atoms with E-state index in [2.05, 4.69) is 15.4 Å². The summed E-state index contributed by atoms with van der Waals surface area (Å²) in [4.78, 5) is 25.8. The van der Waals surface area contributed by atoms with Gasteiger partial charge in [-0.05, 0) is 66.9 Å². The number of aliphatic hydroxyl groups excluding tert-OH is 1. The van der Waals surface area contributed by atoms with Crippen molar-refractivity contribution in [3.8, 4) is 0 Å². The molecule has 1 atom stereocenters. The highest BCUT2D eigenvalue weighted by atomic mass is 32.2. The molecule has 1 fully saturated rings. The molecule has 1 aliphatic rings. The van der Waals surface area contributed by atoms with E-state index in [1.807, 2.05) is 30.3 Å². The van der Waals surface area contributed by atoms with Gasteiger partial charge in [-0.2, -0.15) is 0 Å². The lowest BCUT2D eigenvalue weighted by molar-refractivity contribution is -0.118. The van der Waals surface area contributed by atoms with Crippen molar-refractivity contribution >= 4 is 27.5 Å². The first-order chi connectivity index (χ1) is 17.2. The summed E-state index contributed by atoms with van der Waals surface area (Å²) in [6.07, 6.45) is 1.35. The Hall–Kier alpha value is -3.60. The normalized spacial score (nSPS) is 15.1. The molecular formula is C26H26FN3O5S. The minimum atomic E-state index is -3.83. The van der Waals surface area contributed by atoms with Gasteiger partial charge in [0.1, 0.15) is 11.9 Å². The molecule has 36 heavy (non-hydrogen) atoms. The number of carbonyl (C=O) groups excluding carboxylic acids is 2. The van der Waals surface area contributed by atoms with Gasteiger partial charge in [0.2, 0.25) is 15.9 Å². The monoisotopic (exact) mass is 511 g/mol. The number of anilines is 1. The van der Waals surface area contributed by atoms with Crippen LogP contribution >= 0.6 is 0 Å². The van der Waals surface area contributed by atoms with Crippen molar-refractivity contribution in [2.24, 2.45) is 0 Å². The Bertz CT molecular complexity index is 1330. The van der Waals surface area contributed by atoms with Crippen LogP contribution in [-0.4, -0.2) is 43.5 Å². The molecule has 0 radical (unpaired) electrons. The molecule has 8 nitrogen and oxygen atoms in total. The third kappa shape index (κ3) is 6.34. The van der Waals surface area contributed by atoms with Crippen molar-refractivity contribution < 1.29 is 27.5 Å². The van der Waals surface area contributed by atoms with E-state index in [9.17, 15) is 27.5 Å². The molecule has 10 heteroatoms. The van der Waals surface area contributed by atoms with Gasteiger partial charge in [0.05, 0.1) is 17.0 Å². The molecule has 4 N–H and O–H groups in total. The van der Waals surface area contributed by atoms with Crippen molar-refractivity contribution in [1.29, 1.82) is 0 Å². The molecule has 0 aliphatic heterocycles. The predicted octanol–water partition coefficient (Wildman–Crippen LogP) is 2.61. The number of aliphatic hydroxyl groups is 1. The first kappa shape index (κ1) is 25.5. The Morgan fingerprint density at radius 3 is 2.17 bits per heavy atom. The molecule has 0 unspecified atom stereocenters. The number of halogens is 1. The van der Waals surface area contributed by atoms with E-state index in [1.54, 1.807) is 0 Å². The van der Waals surface area contributed by atoms with Gasteiger partial charge in [-0.25, -0.2) is 17.5 Å². The zero-order valence-electron chi connectivity index (χ0n) is 19.3. The van der Waals surface area contributed by atoms with Crippen LogP contribution in [0.2, 0.25) is 0 Å². The smallest absolute Gasteiger partial charge is 0.251 e. The standard InChI is InChI=1S/C26H26FN3O5S/c27-20-8-6-19(7-9-20)24(32)29-23(16-18-4-2-1-3-5-18)25(33)28-21-10-12-22(13-11-21)36(34,35)30-26(17-31)14-15-26/h1-13,23,30-31H,14-17H2,(H,28,33)(H,29,32)/t23-/m0/s1. The van der Waals surface area contributed by atoms with Gasteiger partial charge in [-0.15, -0.1) is 0 Å². The first-order valence-corrected chi connectivity index (χ1v) is 12.8. The SMILES string of the molecule is O=C(N[C@@H](Cc1ccccc1)C(=O)Nc1ccc(S(=O)(=O)NC2(CO)CC2)cc1)c1ccc(F)cc1. The second-order valence-electron chi connectivity index (χ2n) is 8.78. The van der Waals surface area contributed by atoms with Crippen LogP contribution in [0.25, 0.3) is 0 Å². The number of carbonyl (C=O) groups is 2. The molecule has 188 valence electrons. The lowest BCUT2D eigenvalue weighted by Crippen LogP contribution is -2.45. The van der Waals surface area contributed by atoms with E-state index in [4.69, 9.17) is 0 Å². The molecule has 0 spiro atoms. The third-order valence-electron chi connectivity index (χ3n) is 5.95. The van der Waals surface area contributed by atoms with Gasteiger partial charge in [-0.1, -0.05) is 30.3 Å². The van der Waals surface area contributed by atoms with Gasteiger partial charge < -0.3 is 15.7 Å². The van der Waals surface area contributed by atoms with Crippen molar-refractivity contribution in [2.45, 2.75) is 35.7 Å². The number of benzene rings is 3. The second-order valence-corrected chi connectivity index (χ2v) is 10.5. The molecule has 3 aromatic carbocycles. The predicted molar refractivity (Wildman–Crippen MR) is 132 cm³/mol. The third-order valence-corrected chi connectivity index (χ3v) is 7.54. The van der Waals surface area contributed by atoms with Gasteiger partial charge >= 0.3 is 0 Å². The Morgan fingerprint density at radius 2 is 1.58 bits per heavy atom. The van der Waals surface area contributed by atoms with Crippen LogP contribution in [-0.2, 0) is 21.2 Å². The van der Waals surface area contributed by atoms with E-state index in [1.165, 1.54) is 36.4 Å². The number of hydrogen-bond acceptors (Lipinski definition) is 5. The summed E-state index contributed by atoms with van der Waals surface area (Å²) in [5, 5.41) is 14.8. The van der Waals surface area contributed by atoms with E-state index < -0.39 is 39.2 Å². The Labute approximate surface area is 208 Å². The summed E-state index contributed by atoms with van der Waals surface area (Å²) < 4.78 is 40.9. The minimum Gasteiger partial charge on any atom is -0.394 e. The van der Waals surface area contributed by atoms with Gasteiger partial charge in [0, 0.05) is 17.7 Å². The summed E-state index contributed by atoms with van der Waals surface area (Å²) in [7, 11) is -3.83. The number of sulfonamides is 1. The molecule has 0 heterocycles. The van der Waals surface area contributed by atoms with Gasteiger partial charge in [-0.3, -0.25) is 9.59 Å². The Kier molecular flexibility index (Phi) is 7.48. The van der Waals surface area contributed by atoms with Crippen molar-refractivity contribution in [2.75, 3.05) is 11.9 Å². The molecule has 1 saturated carbocycles. The van der Waals surface area contributed by atoms with Crippen LogP contribution in [0.15, 0.2) is 83.8 Å². The van der Waals surface area contributed by atoms with Gasteiger partial charge in [0.25, 0.3) is 5.91 Å². The van der Waals surface area contributed by atoms with Crippen LogP contribution in [0.3, 0.4) is 0 Å². The summed E-state index contributed by atoms with van der Waals surface area (Å²) in [6, 6.07) is 18.8. The molecule has 4 rings (SSSR count). The lowest BCUT2D eigenvalue weighted by Gasteiger charge is -2.19. The van der Waals surface area contributed by atoms with Crippen molar-refractivity contribution in [3.63, 3.8) is 0 Å². The fourth-order valence-electron chi connectivity index (χ4n) is 3.64. The summed E-state index contributed by atoms with van der Waals surface area (Å²) in [5.74, 6) is -1.51. The summed E-state index contributed by atoms with van der Waals surface area (Å²) in [6.45, 7) is -0.271. The van der Waals surface area contributed by atoms with Crippen LogP contribution in [0.5, 0.6) is 0 Å². The minimum absolute atomic E-state index is 0.00525. The molecular weight excluding hydrogens is 485 g/mol. The van der Waals surface area contributed by atoms with E-state index in [0.717, 1.165) is 17.7 Å². The summed E-state index contributed by atoms with van der Waals surface area (Å²) >= 11 is 0. The number of rotatable bonds is 10. The molecule has 0 bridgehead atoms. The number of hydrogen-bond donors (Lipinski definition) is 4. The maximum Gasteiger partial charge on any atom is 0.251 e. The average Bonchev–Trinajstić information content (AvgIpc) is 3.64. The van der Waals surface area contributed by atoms with Crippen LogP contribution in [0.4, 0.5) is 10.1 Å². The first-order valence-electron chi connectivity index (χ1n) is 11.4. The van der Waals surface area contributed by atoms with Crippen molar-refractivity contribution in [3.05, 3.63) is 95.8 Å². The number of nitrogens with one attached hydrogen (secondary N) is 3. The van der Waals surface area contributed by atoms with Crippen LogP contribution in [0, 0.1) is 5.82 Å². The lowest BCUT2D eigenvalue weighted by atomic mass is 10.0. The highest BCUT2D eigenvalue weighted by Gasteiger charge is 2.45. The fourth-order valence-corrected chi connectivity index (χ4v) is 5.09. The highest BCUT2D eigenvalue weighted by Crippen LogP contribution is 2.36. The maximum absolute atomic E-state index is 13.2. The Morgan fingerprint density at radius 1 is 0.944 bits per heavy atom. The Balaban J connectivity index is 1.47. The van der Waals surface area contributed by atoms with E-state index in [-0.39, 0.29) is 23.5 Å². The van der Waals surface area contributed by atoms with Gasteiger partial charge in [0.15, 0.2) is 0 Å². The average molecular weight is 512 g/mol. The second kappa shape index (κ2) is 10.6. The molecule has 2 amide bonds. The molecule has 1 aliphatic carbocycles. The van der Waals surface area contributed by atoms with E-state index in [0.29, 0.717) is 18.5 Å². The summed E-state index contributed by atoms with van der Waals surface area (Å²) in [5.41, 5.74) is 0.582. The molecule has 0 aromatic heterocycles. The molecule has 3 aromatic rings. The number of amides is 2. The quantitative estimate of drug-likeness (QED) is 0.333. The topological polar surface area (TPSA) is 125 Å². The maximum atomic E-state index is 13.2. The van der Waals surface area contributed by atoms with Crippen LogP contribution < -0.4 is 15.4 Å². The highest BCUT2D eigenvalue weighted by molar-refractivity contribution is 7.89. The van der Waals surface area contributed by atoms with Crippen LogP contribution in [0.1, 0.15) is 28.8 Å². The zero-order chi connectivity index (χ0) is 25.8.